The van der Waals surface area contributed by atoms with Gasteiger partial charge in [0.25, 0.3) is 0 Å². The van der Waals surface area contributed by atoms with Crippen LogP contribution in [-0.4, -0.2) is 4.98 Å². The quantitative estimate of drug-likeness (QED) is 0.698. The van der Waals surface area contributed by atoms with E-state index in [1.165, 1.54) is 47.9 Å². The van der Waals surface area contributed by atoms with Crippen LogP contribution in [0.15, 0.2) is 18.2 Å². The molecule has 1 saturated carbocycles. The van der Waals surface area contributed by atoms with E-state index in [0.717, 1.165) is 5.92 Å². The van der Waals surface area contributed by atoms with E-state index in [9.17, 15) is 0 Å². The summed E-state index contributed by atoms with van der Waals surface area (Å²) >= 11 is 1.63. The second kappa shape index (κ2) is 3.93. The molecule has 1 radical (unpaired) electrons. The summed E-state index contributed by atoms with van der Waals surface area (Å²) < 4.78 is 1.29. The van der Waals surface area contributed by atoms with E-state index in [4.69, 9.17) is 0 Å². The van der Waals surface area contributed by atoms with Crippen molar-refractivity contribution in [1.29, 1.82) is 0 Å². The maximum absolute atomic E-state index is 4.39. The number of benzene rings is 1. The van der Waals surface area contributed by atoms with Crippen molar-refractivity contribution in [3.8, 4) is 0 Å². The van der Waals surface area contributed by atoms with E-state index in [-0.39, 0.29) is 0 Å². The molecule has 0 bridgehead atoms. The molecule has 0 amide bonds. The molecule has 0 atom stereocenters. The minimum Gasteiger partial charge on any atom is -0.233 e. The van der Waals surface area contributed by atoms with E-state index >= 15 is 0 Å². The minimum atomic E-state index is 0.748. The van der Waals surface area contributed by atoms with Gasteiger partial charge in [-0.05, 0) is 30.4 Å². The van der Waals surface area contributed by atoms with E-state index in [2.05, 4.69) is 28.7 Å². The zero-order valence-electron chi connectivity index (χ0n) is 8.70. The number of hydrogen-bond donors (Lipinski definition) is 0. The lowest BCUT2D eigenvalue weighted by Gasteiger charge is -2.22. The van der Waals surface area contributed by atoms with Crippen molar-refractivity contribution in [2.75, 3.05) is 0 Å². The van der Waals surface area contributed by atoms with Crippen LogP contribution in [0.25, 0.3) is 10.2 Å². The molecule has 1 fully saturated rings. The number of nitrogens with zero attached hydrogens (tertiary/aromatic N) is 1. The smallest absolute Gasteiger partial charge is 0.153 e. The normalized spacial score (nSPS) is 18.4. The SMILES string of the molecule is [c]1nc2c(C3CCCCC3)cccc2s1. The van der Waals surface area contributed by atoms with E-state index < -0.39 is 0 Å². The van der Waals surface area contributed by atoms with Crippen LogP contribution in [0.1, 0.15) is 43.6 Å². The summed E-state index contributed by atoms with van der Waals surface area (Å²) in [6, 6.07) is 6.57. The average Bonchev–Trinajstić information content (AvgIpc) is 2.78. The first-order chi connectivity index (χ1) is 7.45. The molecule has 0 N–H and O–H groups in total. The van der Waals surface area contributed by atoms with Gasteiger partial charge in [0.15, 0.2) is 5.51 Å². The Balaban J connectivity index is 2.05. The third kappa shape index (κ3) is 1.67. The topological polar surface area (TPSA) is 12.9 Å². The summed E-state index contributed by atoms with van der Waals surface area (Å²) in [5.74, 6) is 0.748. The fourth-order valence-corrected chi connectivity index (χ4v) is 3.24. The molecule has 0 aliphatic heterocycles. The summed E-state index contributed by atoms with van der Waals surface area (Å²) in [7, 11) is 0. The van der Waals surface area contributed by atoms with Crippen LogP contribution in [0.5, 0.6) is 0 Å². The lowest BCUT2D eigenvalue weighted by atomic mass is 9.84. The summed E-state index contributed by atoms with van der Waals surface area (Å²) in [5, 5.41) is 0. The van der Waals surface area contributed by atoms with Crippen LogP contribution in [0.4, 0.5) is 0 Å². The van der Waals surface area contributed by atoms with Gasteiger partial charge in [0.05, 0.1) is 10.2 Å². The number of hydrogen-bond acceptors (Lipinski definition) is 2. The van der Waals surface area contributed by atoms with Gasteiger partial charge in [-0.1, -0.05) is 31.4 Å². The van der Waals surface area contributed by atoms with Crippen LogP contribution in [0.3, 0.4) is 0 Å². The van der Waals surface area contributed by atoms with Crippen LogP contribution >= 0.6 is 11.3 Å². The van der Waals surface area contributed by atoms with E-state index in [0.29, 0.717) is 0 Å². The van der Waals surface area contributed by atoms with Gasteiger partial charge in [-0.15, -0.1) is 11.3 Å². The first-order valence-corrected chi connectivity index (χ1v) is 6.52. The van der Waals surface area contributed by atoms with Gasteiger partial charge in [0.2, 0.25) is 0 Å². The summed E-state index contributed by atoms with van der Waals surface area (Å²) in [6.45, 7) is 0. The molecule has 1 heterocycles. The van der Waals surface area contributed by atoms with Gasteiger partial charge in [-0.25, -0.2) is 4.98 Å². The maximum Gasteiger partial charge on any atom is 0.153 e. The predicted octanol–water partition coefficient (Wildman–Crippen LogP) is 4.14. The Labute approximate surface area is 94.2 Å². The molecule has 0 spiro atoms. The molecule has 2 heteroatoms. The van der Waals surface area contributed by atoms with Crippen LogP contribution in [0, 0.1) is 5.51 Å². The standard InChI is InChI=1S/C13H14NS/c1-2-5-10(6-3-1)11-7-4-8-12-13(11)14-9-15-12/h4,7-8,10H,1-3,5-6H2. The van der Waals surface area contributed by atoms with Gasteiger partial charge in [-0.3, -0.25) is 0 Å². The van der Waals surface area contributed by atoms with Crippen molar-refractivity contribution in [2.45, 2.75) is 38.0 Å². The third-order valence-electron chi connectivity index (χ3n) is 3.39. The molecule has 0 unspecified atom stereocenters. The molecule has 1 nitrogen and oxygen atoms in total. The molecule has 1 aromatic heterocycles. The van der Waals surface area contributed by atoms with Crippen molar-refractivity contribution in [1.82, 2.24) is 4.98 Å². The molecule has 1 aliphatic rings. The molecule has 1 aromatic carbocycles. The molecule has 3 rings (SSSR count). The number of aromatic nitrogens is 1. The molecule has 77 valence electrons. The van der Waals surface area contributed by atoms with Crippen LogP contribution in [0.2, 0.25) is 0 Å². The van der Waals surface area contributed by atoms with Gasteiger partial charge >= 0.3 is 0 Å². The van der Waals surface area contributed by atoms with Gasteiger partial charge in [0.1, 0.15) is 0 Å². The largest absolute Gasteiger partial charge is 0.233 e. The number of fused-ring (bicyclic) bond motifs is 1. The monoisotopic (exact) mass is 216 g/mol. The highest BCUT2D eigenvalue weighted by atomic mass is 32.1. The Hall–Kier alpha value is -0.890. The molecular formula is C13H14NS. The lowest BCUT2D eigenvalue weighted by Crippen LogP contribution is -2.04. The van der Waals surface area contributed by atoms with Gasteiger partial charge in [0, 0.05) is 0 Å². The lowest BCUT2D eigenvalue weighted by molar-refractivity contribution is 0.445. The van der Waals surface area contributed by atoms with Crippen molar-refractivity contribution in [3.05, 3.63) is 29.3 Å². The highest BCUT2D eigenvalue weighted by Gasteiger charge is 2.18. The van der Waals surface area contributed by atoms with Gasteiger partial charge < -0.3 is 0 Å². The Morgan fingerprint density at radius 3 is 2.93 bits per heavy atom. The molecule has 0 saturated heterocycles. The minimum absolute atomic E-state index is 0.748. The Morgan fingerprint density at radius 2 is 2.07 bits per heavy atom. The highest BCUT2D eigenvalue weighted by Crippen LogP contribution is 2.36. The average molecular weight is 216 g/mol. The summed E-state index contributed by atoms with van der Waals surface area (Å²) in [6.07, 6.45) is 6.87. The predicted molar refractivity (Wildman–Crippen MR) is 64.3 cm³/mol. The maximum atomic E-state index is 4.39. The molecule has 1 aliphatic carbocycles. The summed E-state index contributed by atoms with van der Waals surface area (Å²) in [5.41, 5.74) is 5.67. The molecular weight excluding hydrogens is 202 g/mol. The fraction of sp³-hybridized carbons (Fsp3) is 0.462. The van der Waals surface area contributed by atoms with Crippen molar-refractivity contribution >= 4 is 21.6 Å². The number of rotatable bonds is 1. The van der Waals surface area contributed by atoms with Crippen LogP contribution < -0.4 is 0 Å². The Bertz CT molecular complexity index is 454. The zero-order chi connectivity index (χ0) is 10.1. The second-order valence-electron chi connectivity index (χ2n) is 4.33. The first kappa shape index (κ1) is 9.34. The Morgan fingerprint density at radius 1 is 1.20 bits per heavy atom. The van der Waals surface area contributed by atoms with E-state index in [1.807, 2.05) is 0 Å². The molecule has 15 heavy (non-hydrogen) atoms. The van der Waals surface area contributed by atoms with Crippen LogP contribution in [-0.2, 0) is 0 Å². The first-order valence-electron chi connectivity index (χ1n) is 5.70. The highest BCUT2D eigenvalue weighted by molar-refractivity contribution is 7.16. The number of para-hydroxylation sites is 1. The molecule has 2 aromatic rings. The van der Waals surface area contributed by atoms with Crippen molar-refractivity contribution in [2.24, 2.45) is 0 Å². The zero-order valence-corrected chi connectivity index (χ0v) is 9.52. The second-order valence-corrected chi connectivity index (χ2v) is 5.16. The summed E-state index contributed by atoms with van der Waals surface area (Å²) in [4.78, 5) is 4.39. The van der Waals surface area contributed by atoms with E-state index in [1.54, 1.807) is 11.3 Å². The van der Waals surface area contributed by atoms with Gasteiger partial charge in [-0.2, -0.15) is 0 Å². The number of thiazole rings is 1. The fourth-order valence-electron chi connectivity index (χ4n) is 2.60. The third-order valence-corrected chi connectivity index (χ3v) is 4.12. The Kier molecular flexibility index (Phi) is 2.45. The van der Waals surface area contributed by atoms with Crippen molar-refractivity contribution < 1.29 is 0 Å². The van der Waals surface area contributed by atoms with Crippen molar-refractivity contribution in [3.63, 3.8) is 0 Å².